The van der Waals surface area contributed by atoms with Crippen molar-refractivity contribution in [2.75, 3.05) is 11.9 Å². The molecule has 0 bridgehead atoms. The van der Waals surface area contributed by atoms with Crippen LogP contribution in [0.25, 0.3) is 16.1 Å². The molecule has 5 nitrogen and oxygen atoms in total. The quantitative estimate of drug-likeness (QED) is 0.470. The molecule has 158 valence electrons. The van der Waals surface area contributed by atoms with Gasteiger partial charge in [-0.05, 0) is 42.7 Å². The topological polar surface area (TPSA) is 80.9 Å². The molecule has 30 heavy (non-hydrogen) atoms. The third kappa shape index (κ3) is 6.65. The van der Waals surface area contributed by atoms with E-state index in [1.165, 1.54) is 19.3 Å². The molecule has 3 N–H and O–H groups in total. The van der Waals surface area contributed by atoms with Gasteiger partial charge in [0.05, 0.1) is 16.8 Å². The molecule has 0 aromatic carbocycles. The summed E-state index contributed by atoms with van der Waals surface area (Å²) in [6, 6.07) is 3.98. The second kappa shape index (κ2) is 12.7. The summed E-state index contributed by atoms with van der Waals surface area (Å²) in [6.45, 7) is 2.43. The van der Waals surface area contributed by atoms with Crippen molar-refractivity contribution >= 4 is 28.6 Å². The maximum atomic E-state index is 12.6. The Kier molecular flexibility index (Phi) is 9.99. The third-order valence-corrected chi connectivity index (χ3v) is 5.90. The summed E-state index contributed by atoms with van der Waals surface area (Å²) in [5.74, 6) is 1.05. The fourth-order valence-electron chi connectivity index (χ4n) is 3.57. The number of hydrogen-bond donors (Lipinski definition) is 2. The number of hydrogen-bond acceptors (Lipinski definition) is 5. The maximum Gasteiger partial charge on any atom is 0.225 e. The average Bonchev–Trinajstić information content (AvgIpc) is 3.32. The van der Waals surface area contributed by atoms with Gasteiger partial charge in [-0.15, -0.1) is 24.2 Å². The summed E-state index contributed by atoms with van der Waals surface area (Å²) in [7, 11) is 0. The summed E-state index contributed by atoms with van der Waals surface area (Å²) in [6.07, 6.45) is 22.1. The molecule has 0 unspecified atom stereocenters. The van der Waals surface area contributed by atoms with E-state index >= 15 is 0 Å². The number of nitrogens with one attached hydrogen (secondary N) is 1. The minimum Gasteiger partial charge on any atom is -0.327 e. The van der Waals surface area contributed by atoms with Gasteiger partial charge in [0.15, 0.2) is 5.82 Å². The predicted molar refractivity (Wildman–Crippen MR) is 127 cm³/mol. The molecular weight excluding hydrogens is 392 g/mol. The van der Waals surface area contributed by atoms with Crippen LogP contribution >= 0.6 is 11.3 Å². The van der Waals surface area contributed by atoms with Crippen LogP contribution in [0.2, 0.25) is 0 Å². The molecule has 6 heteroatoms. The van der Waals surface area contributed by atoms with Gasteiger partial charge in [-0.1, -0.05) is 43.6 Å². The summed E-state index contributed by atoms with van der Waals surface area (Å²) in [4.78, 5) is 23.0. The Balaban J connectivity index is 0.00000155. The molecule has 3 rings (SSSR count). The molecule has 0 radical (unpaired) electrons. The van der Waals surface area contributed by atoms with Crippen LogP contribution in [0.5, 0.6) is 0 Å². The van der Waals surface area contributed by atoms with Gasteiger partial charge in [-0.3, -0.25) is 4.79 Å². The van der Waals surface area contributed by atoms with Crippen molar-refractivity contribution in [3.05, 3.63) is 47.6 Å². The number of carbonyl (C=O) groups is 1. The highest BCUT2D eigenvalue weighted by Crippen LogP contribution is 2.31. The van der Waals surface area contributed by atoms with Crippen LogP contribution in [0, 0.1) is 18.8 Å². The third-order valence-electron chi connectivity index (χ3n) is 5.02. The van der Waals surface area contributed by atoms with E-state index in [2.05, 4.69) is 23.1 Å². The monoisotopic (exact) mass is 422 g/mol. The number of aromatic nitrogens is 2. The highest BCUT2D eigenvalue weighted by Gasteiger charge is 2.19. The van der Waals surface area contributed by atoms with Crippen LogP contribution in [0.4, 0.5) is 5.82 Å². The Labute approximate surface area is 183 Å². The number of amides is 1. The molecule has 2 heterocycles. The number of nitrogens with two attached hydrogens (primary N) is 1. The first-order valence-electron chi connectivity index (χ1n) is 10.3. The molecule has 2 aromatic heterocycles. The van der Waals surface area contributed by atoms with Gasteiger partial charge in [-0.25, -0.2) is 9.97 Å². The van der Waals surface area contributed by atoms with Crippen LogP contribution in [-0.2, 0) is 4.79 Å². The molecule has 1 aliphatic rings. The van der Waals surface area contributed by atoms with Gasteiger partial charge in [0.2, 0.25) is 5.91 Å². The first-order chi connectivity index (χ1) is 14.7. The number of thiophene rings is 1. The van der Waals surface area contributed by atoms with E-state index in [0.29, 0.717) is 30.4 Å². The summed E-state index contributed by atoms with van der Waals surface area (Å²) >= 11 is 1.59. The van der Waals surface area contributed by atoms with Crippen LogP contribution < -0.4 is 11.1 Å². The Morgan fingerprint density at radius 2 is 2.10 bits per heavy atom. The molecule has 2 aromatic rings. The fraction of sp³-hybridized carbons (Fsp3) is 0.375. The first-order valence-corrected chi connectivity index (χ1v) is 11.2. The summed E-state index contributed by atoms with van der Waals surface area (Å²) < 4.78 is 0. The van der Waals surface area contributed by atoms with Crippen molar-refractivity contribution < 1.29 is 4.79 Å². The van der Waals surface area contributed by atoms with E-state index in [9.17, 15) is 4.79 Å². The molecule has 1 aliphatic carbocycles. The zero-order valence-electron chi connectivity index (χ0n) is 17.5. The smallest absolute Gasteiger partial charge is 0.225 e. The highest BCUT2D eigenvalue weighted by molar-refractivity contribution is 7.13. The van der Waals surface area contributed by atoms with Crippen LogP contribution in [0.3, 0.4) is 0 Å². The normalized spacial score (nSPS) is 14.9. The van der Waals surface area contributed by atoms with Crippen molar-refractivity contribution in [2.45, 2.75) is 45.4 Å². The minimum absolute atomic E-state index is 0.0287. The van der Waals surface area contributed by atoms with Crippen LogP contribution in [0.15, 0.2) is 41.9 Å². The molecule has 0 aliphatic heterocycles. The standard InChI is InChI=1S/C22H28N4OS.C2H2/c1-2-17(10-6-12-23)18-15-24-22(21(25-18)19-11-7-13-28-19)26-20(27)14-16-8-4-3-5-9-16;1-2/h2,6-7,10-11,13,15-16H,3-5,8-9,12,14,23H2,1H3,(H,24,26,27);1-2H/b10-6-,17-2+;. The lowest BCUT2D eigenvalue weighted by Crippen LogP contribution is -2.19. The van der Waals surface area contributed by atoms with Gasteiger partial charge in [0.25, 0.3) is 0 Å². The van der Waals surface area contributed by atoms with E-state index in [4.69, 9.17) is 10.7 Å². The zero-order valence-corrected chi connectivity index (χ0v) is 18.3. The number of anilines is 1. The SMILES string of the molecule is C#C.C/C=C(\C=C/CN)c1cnc(NC(=O)CC2CCCCC2)c(-c2cccs2)n1. The Hall–Kier alpha value is -2.75. The lowest BCUT2D eigenvalue weighted by molar-refractivity contribution is -0.117. The van der Waals surface area contributed by atoms with E-state index in [0.717, 1.165) is 29.0 Å². The molecule has 1 amide bonds. The van der Waals surface area contributed by atoms with Gasteiger partial charge in [0.1, 0.15) is 5.69 Å². The van der Waals surface area contributed by atoms with Gasteiger partial charge in [-0.2, -0.15) is 0 Å². The van der Waals surface area contributed by atoms with Gasteiger partial charge in [0, 0.05) is 13.0 Å². The molecule has 1 fully saturated rings. The Morgan fingerprint density at radius 3 is 2.73 bits per heavy atom. The van der Waals surface area contributed by atoms with E-state index < -0.39 is 0 Å². The van der Waals surface area contributed by atoms with Crippen molar-refractivity contribution in [1.82, 2.24) is 9.97 Å². The lowest BCUT2D eigenvalue weighted by atomic mass is 9.87. The summed E-state index contributed by atoms with van der Waals surface area (Å²) in [5.41, 5.74) is 8.01. The summed E-state index contributed by atoms with van der Waals surface area (Å²) in [5, 5.41) is 5.01. The second-order valence-electron chi connectivity index (χ2n) is 7.07. The number of carbonyl (C=O) groups excluding carboxylic acids is 1. The van der Waals surface area contributed by atoms with E-state index in [-0.39, 0.29) is 5.91 Å². The van der Waals surface area contributed by atoms with Crippen molar-refractivity contribution in [1.29, 1.82) is 0 Å². The highest BCUT2D eigenvalue weighted by atomic mass is 32.1. The number of rotatable bonds is 7. The maximum absolute atomic E-state index is 12.6. The van der Waals surface area contributed by atoms with Crippen LogP contribution in [0.1, 0.15) is 51.1 Å². The number of allylic oxidation sites excluding steroid dienone is 3. The van der Waals surface area contributed by atoms with E-state index in [1.807, 2.05) is 42.7 Å². The first kappa shape index (κ1) is 23.5. The second-order valence-corrected chi connectivity index (χ2v) is 8.02. The molecule has 0 spiro atoms. The lowest BCUT2D eigenvalue weighted by Gasteiger charge is -2.21. The molecule has 1 saturated carbocycles. The zero-order chi connectivity index (χ0) is 21.8. The fourth-order valence-corrected chi connectivity index (χ4v) is 4.28. The van der Waals surface area contributed by atoms with Crippen molar-refractivity contribution in [3.63, 3.8) is 0 Å². The predicted octanol–water partition coefficient (Wildman–Crippen LogP) is 5.28. The van der Waals surface area contributed by atoms with Gasteiger partial charge < -0.3 is 11.1 Å². The van der Waals surface area contributed by atoms with E-state index in [1.54, 1.807) is 17.5 Å². The van der Waals surface area contributed by atoms with Crippen LogP contribution in [-0.4, -0.2) is 22.4 Å². The Morgan fingerprint density at radius 1 is 1.33 bits per heavy atom. The molecule has 0 saturated heterocycles. The number of terminal acetylenes is 1. The van der Waals surface area contributed by atoms with Crippen molar-refractivity contribution in [3.8, 4) is 23.4 Å². The van der Waals surface area contributed by atoms with Crippen molar-refractivity contribution in [2.24, 2.45) is 11.7 Å². The largest absolute Gasteiger partial charge is 0.327 e. The van der Waals surface area contributed by atoms with Gasteiger partial charge >= 0.3 is 0 Å². The minimum atomic E-state index is 0.0287. The number of nitrogens with zero attached hydrogens (tertiary/aromatic N) is 2. The molecule has 0 atom stereocenters. The molecular formula is C24H30N4OS. The average molecular weight is 423 g/mol. The Bertz CT molecular complexity index is 878.